The predicted octanol–water partition coefficient (Wildman–Crippen LogP) is -0.207. The number of piperazine rings is 1. The first-order valence-electron chi connectivity index (χ1n) is 5.54. The summed E-state index contributed by atoms with van der Waals surface area (Å²) in [5.41, 5.74) is -0.194. The maximum atomic E-state index is 12.3. The largest absolute Gasteiger partial charge is 0.339 e. The van der Waals surface area contributed by atoms with E-state index in [4.69, 9.17) is 0 Å². The quantitative estimate of drug-likeness (QED) is 0.797. The third-order valence-corrected chi connectivity index (χ3v) is 4.55. The molecule has 6 nitrogen and oxygen atoms in total. The summed E-state index contributed by atoms with van der Waals surface area (Å²) in [7, 11) is -1.69. The fourth-order valence-corrected chi connectivity index (χ4v) is 3.52. The monoisotopic (exact) mass is 258 g/mol. The van der Waals surface area contributed by atoms with E-state index in [2.05, 4.69) is 10.3 Å². The Balaban J connectivity index is 2.27. The number of sulfonamides is 1. The van der Waals surface area contributed by atoms with Gasteiger partial charge in [0.05, 0.1) is 6.33 Å². The van der Waals surface area contributed by atoms with Crippen LogP contribution in [-0.4, -0.2) is 47.4 Å². The summed E-state index contributed by atoms with van der Waals surface area (Å²) < 4.78 is 27.8. The van der Waals surface area contributed by atoms with Crippen LogP contribution < -0.4 is 5.32 Å². The highest BCUT2D eigenvalue weighted by molar-refractivity contribution is 7.89. The predicted molar refractivity (Wildman–Crippen MR) is 64.0 cm³/mol. The second-order valence-electron chi connectivity index (χ2n) is 5.03. The first-order valence-corrected chi connectivity index (χ1v) is 6.98. The number of nitrogens with zero attached hydrogens (tertiary/aromatic N) is 3. The van der Waals surface area contributed by atoms with Gasteiger partial charge in [-0.15, -0.1) is 0 Å². The zero-order valence-electron chi connectivity index (χ0n) is 10.3. The molecule has 1 saturated heterocycles. The van der Waals surface area contributed by atoms with Crippen molar-refractivity contribution in [2.24, 2.45) is 7.05 Å². The van der Waals surface area contributed by atoms with Gasteiger partial charge in [0.25, 0.3) is 10.0 Å². The van der Waals surface area contributed by atoms with Crippen LogP contribution in [0.15, 0.2) is 17.6 Å². The molecule has 0 aliphatic carbocycles. The molecule has 2 heterocycles. The number of nitrogens with one attached hydrogen (secondary N) is 1. The van der Waals surface area contributed by atoms with Gasteiger partial charge in [-0.2, -0.15) is 4.31 Å². The van der Waals surface area contributed by atoms with Crippen molar-refractivity contribution in [1.29, 1.82) is 0 Å². The van der Waals surface area contributed by atoms with E-state index in [9.17, 15) is 8.42 Å². The summed E-state index contributed by atoms with van der Waals surface area (Å²) in [6.07, 6.45) is 3.03. The maximum absolute atomic E-state index is 12.3. The van der Waals surface area contributed by atoms with Gasteiger partial charge in [-0.25, -0.2) is 13.4 Å². The third kappa shape index (κ3) is 2.51. The highest BCUT2D eigenvalue weighted by Crippen LogP contribution is 2.18. The molecular formula is C10H18N4O2S. The average Bonchev–Trinajstić information content (AvgIpc) is 2.64. The van der Waals surface area contributed by atoms with Crippen LogP contribution in [0.4, 0.5) is 0 Å². The lowest BCUT2D eigenvalue weighted by molar-refractivity contribution is 0.233. The van der Waals surface area contributed by atoms with Gasteiger partial charge < -0.3 is 9.88 Å². The van der Waals surface area contributed by atoms with Crippen molar-refractivity contribution in [2.75, 3.05) is 19.6 Å². The molecule has 0 radical (unpaired) electrons. The SMILES string of the molecule is Cn1cnc(S(=O)(=O)N2CCNC(C)(C)C2)c1. The zero-order chi connectivity index (χ0) is 12.7. The summed E-state index contributed by atoms with van der Waals surface area (Å²) in [4.78, 5) is 3.92. The van der Waals surface area contributed by atoms with E-state index in [-0.39, 0.29) is 10.6 Å². The fraction of sp³-hybridized carbons (Fsp3) is 0.700. The molecule has 0 bridgehead atoms. The minimum atomic E-state index is -3.45. The second-order valence-corrected chi connectivity index (χ2v) is 6.91. The van der Waals surface area contributed by atoms with Crippen molar-refractivity contribution in [3.8, 4) is 0 Å². The number of aromatic nitrogens is 2. The molecule has 2 rings (SSSR count). The molecule has 1 aliphatic heterocycles. The highest BCUT2D eigenvalue weighted by Gasteiger charge is 2.34. The van der Waals surface area contributed by atoms with E-state index in [1.807, 2.05) is 13.8 Å². The van der Waals surface area contributed by atoms with Gasteiger partial charge in [0.2, 0.25) is 0 Å². The van der Waals surface area contributed by atoms with Crippen molar-refractivity contribution < 1.29 is 8.42 Å². The number of hydrogen-bond donors (Lipinski definition) is 1. The van der Waals surface area contributed by atoms with Gasteiger partial charge in [-0.3, -0.25) is 0 Å². The van der Waals surface area contributed by atoms with Gasteiger partial charge in [-0.05, 0) is 13.8 Å². The lowest BCUT2D eigenvalue weighted by atomic mass is 10.0. The lowest BCUT2D eigenvalue weighted by Gasteiger charge is -2.37. The van der Waals surface area contributed by atoms with Crippen LogP contribution in [0.5, 0.6) is 0 Å². The topological polar surface area (TPSA) is 67.2 Å². The fourth-order valence-electron chi connectivity index (χ4n) is 1.95. The Labute approximate surface area is 102 Å². The molecule has 0 atom stereocenters. The lowest BCUT2D eigenvalue weighted by Crippen LogP contribution is -2.58. The van der Waals surface area contributed by atoms with Crippen LogP contribution in [0.1, 0.15) is 13.8 Å². The van der Waals surface area contributed by atoms with Crippen molar-refractivity contribution in [3.63, 3.8) is 0 Å². The van der Waals surface area contributed by atoms with Crippen molar-refractivity contribution in [3.05, 3.63) is 12.5 Å². The maximum Gasteiger partial charge on any atom is 0.262 e. The van der Waals surface area contributed by atoms with Gasteiger partial charge in [0.1, 0.15) is 0 Å². The molecule has 0 spiro atoms. The van der Waals surface area contributed by atoms with E-state index >= 15 is 0 Å². The van der Waals surface area contributed by atoms with Crippen LogP contribution in [0.25, 0.3) is 0 Å². The van der Waals surface area contributed by atoms with Crippen LogP contribution >= 0.6 is 0 Å². The third-order valence-electron chi connectivity index (χ3n) is 2.82. The number of rotatable bonds is 2. The molecule has 96 valence electrons. The van der Waals surface area contributed by atoms with Gasteiger partial charge in [-0.1, -0.05) is 0 Å². The molecule has 0 aromatic carbocycles. The Morgan fingerprint density at radius 1 is 1.47 bits per heavy atom. The van der Waals surface area contributed by atoms with E-state index in [0.717, 1.165) is 0 Å². The van der Waals surface area contributed by atoms with E-state index in [1.54, 1.807) is 11.6 Å². The Morgan fingerprint density at radius 2 is 2.18 bits per heavy atom. The molecule has 1 fully saturated rings. The number of hydrogen-bond acceptors (Lipinski definition) is 4. The molecule has 1 aromatic heterocycles. The molecule has 0 amide bonds. The molecule has 17 heavy (non-hydrogen) atoms. The number of aryl methyl sites for hydroxylation is 1. The standard InChI is InChI=1S/C10H18N4O2S/c1-10(2)7-14(5-4-12-10)17(15,16)9-6-13(3)8-11-9/h6,8,12H,4-5,7H2,1-3H3. The van der Waals surface area contributed by atoms with Gasteiger partial charge in [0.15, 0.2) is 5.03 Å². The zero-order valence-corrected chi connectivity index (χ0v) is 11.2. The Hall–Kier alpha value is -0.920. The molecular weight excluding hydrogens is 240 g/mol. The second kappa shape index (κ2) is 4.08. The molecule has 1 N–H and O–H groups in total. The van der Waals surface area contributed by atoms with Crippen LogP contribution in [0.2, 0.25) is 0 Å². The molecule has 0 unspecified atom stereocenters. The van der Waals surface area contributed by atoms with Crippen LogP contribution in [-0.2, 0) is 17.1 Å². The Morgan fingerprint density at radius 3 is 2.71 bits per heavy atom. The molecule has 1 aromatic rings. The first kappa shape index (κ1) is 12.5. The van der Waals surface area contributed by atoms with E-state index in [1.165, 1.54) is 16.8 Å². The average molecular weight is 258 g/mol. The molecule has 1 aliphatic rings. The summed E-state index contributed by atoms with van der Waals surface area (Å²) >= 11 is 0. The Kier molecular flexibility index (Phi) is 3.01. The highest BCUT2D eigenvalue weighted by atomic mass is 32.2. The smallest absolute Gasteiger partial charge is 0.262 e. The van der Waals surface area contributed by atoms with Crippen molar-refractivity contribution in [1.82, 2.24) is 19.2 Å². The van der Waals surface area contributed by atoms with E-state index < -0.39 is 10.0 Å². The summed E-state index contributed by atoms with van der Waals surface area (Å²) in [5, 5.41) is 3.41. The van der Waals surface area contributed by atoms with Gasteiger partial charge in [0, 0.05) is 38.4 Å². The minimum Gasteiger partial charge on any atom is -0.339 e. The number of imidazole rings is 1. The van der Waals surface area contributed by atoms with Crippen molar-refractivity contribution in [2.45, 2.75) is 24.4 Å². The van der Waals surface area contributed by atoms with Crippen LogP contribution in [0, 0.1) is 0 Å². The molecule has 0 saturated carbocycles. The summed E-state index contributed by atoms with van der Waals surface area (Å²) in [5.74, 6) is 0. The van der Waals surface area contributed by atoms with Crippen molar-refractivity contribution >= 4 is 10.0 Å². The summed E-state index contributed by atoms with van der Waals surface area (Å²) in [6, 6.07) is 0. The first-order chi connectivity index (χ1) is 7.81. The summed E-state index contributed by atoms with van der Waals surface area (Å²) in [6.45, 7) is 5.60. The van der Waals surface area contributed by atoms with E-state index in [0.29, 0.717) is 19.6 Å². The Bertz CT molecular complexity index is 506. The van der Waals surface area contributed by atoms with Gasteiger partial charge >= 0.3 is 0 Å². The van der Waals surface area contributed by atoms with Crippen LogP contribution in [0.3, 0.4) is 0 Å². The normalized spacial score (nSPS) is 21.6. The molecule has 7 heteroatoms. The minimum absolute atomic E-state index is 0.123.